The summed E-state index contributed by atoms with van der Waals surface area (Å²) >= 11 is 3.16. The molecular weight excluding hydrogens is 336 g/mol. The second-order valence-electron chi connectivity index (χ2n) is 5.37. The molecule has 2 aromatic carbocycles. The fraction of sp³-hybridized carbons (Fsp3) is 0.158. The average Bonchev–Trinajstić information content (AvgIpc) is 2.95. The van der Waals surface area contributed by atoms with Gasteiger partial charge in [-0.15, -0.1) is 11.8 Å². The number of thiazole rings is 1. The molecule has 0 aliphatic carbocycles. The summed E-state index contributed by atoms with van der Waals surface area (Å²) in [6.45, 7) is 1.96. The number of carbonyl (C=O) groups excluding carboxylic acids is 1. The van der Waals surface area contributed by atoms with Crippen LogP contribution >= 0.6 is 23.1 Å². The van der Waals surface area contributed by atoms with E-state index >= 15 is 0 Å². The van der Waals surface area contributed by atoms with E-state index < -0.39 is 0 Å². The zero-order valence-corrected chi connectivity index (χ0v) is 15.2. The summed E-state index contributed by atoms with van der Waals surface area (Å²) in [5, 5.41) is 3.58. The summed E-state index contributed by atoms with van der Waals surface area (Å²) in [6.07, 6.45) is 2.75. The molecular formula is C19H18N2OS2. The molecule has 3 nitrogen and oxygen atoms in total. The standard InChI is InChI=1S/C19H18N2OS2/c1-13-18(23-2)24-19(20-13)21-17(22)16-11-7-6-10-15(16)12-14-8-4-3-5-9-14/h3-11H,12H2,1-2H3,(H,20,21,22). The number of benzene rings is 2. The van der Waals surface area contributed by atoms with Crippen molar-refractivity contribution in [2.24, 2.45) is 0 Å². The topological polar surface area (TPSA) is 42.0 Å². The number of aryl methyl sites for hydroxylation is 1. The predicted octanol–water partition coefficient (Wildman–Crippen LogP) is 5.02. The van der Waals surface area contributed by atoms with Gasteiger partial charge in [0.2, 0.25) is 0 Å². The number of anilines is 1. The Hall–Kier alpha value is -2.11. The van der Waals surface area contributed by atoms with Crippen LogP contribution in [0.1, 0.15) is 27.2 Å². The van der Waals surface area contributed by atoms with Crippen LogP contribution in [-0.4, -0.2) is 17.1 Å². The van der Waals surface area contributed by atoms with Crippen LogP contribution in [0, 0.1) is 6.92 Å². The molecule has 24 heavy (non-hydrogen) atoms. The zero-order chi connectivity index (χ0) is 16.9. The third-order valence-corrected chi connectivity index (χ3v) is 5.94. The number of hydrogen-bond acceptors (Lipinski definition) is 4. The molecule has 1 N–H and O–H groups in total. The molecule has 0 spiro atoms. The SMILES string of the molecule is CSc1sc(NC(=O)c2ccccc2Cc2ccccc2)nc1C. The summed E-state index contributed by atoms with van der Waals surface area (Å²) in [4.78, 5) is 17.1. The monoisotopic (exact) mass is 354 g/mol. The molecule has 3 rings (SSSR count). The highest BCUT2D eigenvalue weighted by molar-refractivity contribution is 8.00. The molecule has 1 amide bonds. The summed E-state index contributed by atoms with van der Waals surface area (Å²) < 4.78 is 1.13. The first-order valence-corrected chi connectivity index (χ1v) is 9.66. The van der Waals surface area contributed by atoms with Crippen LogP contribution < -0.4 is 5.32 Å². The van der Waals surface area contributed by atoms with Crippen molar-refractivity contribution in [1.29, 1.82) is 0 Å². The summed E-state index contributed by atoms with van der Waals surface area (Å²) in [5.74, 6) is -0.108. The van der Waals surface area contributed by atoms with Crippen molar-refractivity contribution in [3.05, 3.63) is 77.0 Å². The van der Waals surface area contributed by atoms with Gasteiger partial charge >= 0.3 is 0 Å². The summed E-state index contributed by atoms with van der Waals surface area (Å²) in [5.41, 5.74) is 3.85. The molecule has 5 heteroatoms. The number of amides is 1. The van der Waals surface area contributed by atoms with Gasteiger partial charge < -0.3 is 0 Å². The summed E-state index contributed by atoms with van der Waals surface area (Å²) in [6, 6.07) is 17.9. The minimum Gasteiger partial charge on any atom is -0.298 e. The van der Waals surface area contributed by atoms with Gasteiger partial charge in [-0.05, 0) is 36.8 Å². The molecule has 0 saturated carbocycles. The number of hydrogen-bond donors (Lipinski definition) is 1. The maximum Gasteiger partial charge on any atom is 0.257 e. The minimum atomic E-state index is -0.108. The first-order valence-electron chi connectivity index (χ1n) is 7.62. The Bertz CT molecular complexity index is 844. The van der Waals surface area contributed by atoms with E-state index in [4.69, 9.17) is 0 Å². The lowest BCUT2D eigenvalue weighted by Crippen LogP contribution is -2.14. The Morgan fingerprint density at radius 3 is 2.54 bits per heavy atom. The minimum absolute atomic E-state index is 0.108. The van der Waals surface area contributed by atoms with Crippen molar-refractivity contribution in [2.45, 2.75) is 17.6 Å². The van der Waals surface area contributed by atoms with Crippen LogP contribution in [0.4, 0.5) is 5.13 Å². The van der Waals surface area contributed by atoms with Crippen molar-refractivity contribution in [2.75, 3.05) is 11.6 Å². The Balaban J connectivity index is 1.82. The molecule has 0 saturated heterocycles. The van der Waals surface area contributed by atoms with Gasteiger partial charge in [0, 0.05) is 5.56 Å². The van der Waals surface area contributed by atoms with E-state index in [-0.39, 0.29) is 5.91 Å². The van der Waals surface area contributed by atoms with E-state index in [9.17, 15) is 4.79 Å². The summed E-state index contributed by atoms with van der Waals surface area (Å²) in [7, 11) is 0. The first kappa shape index (κ1) is 16.7. The van der Waals surface area contributed by atoms with Crippen LogP contribution in [0.2, 0.25) is 0 Å². The number of nitrogens with zero attached hydrogens (tertiary/aromatic N) is 1. The van der Waals surface area contributed by atoms with Crippen LogP contribution in [-0.2, 0) is 6.42 Å². The zero-order valence-electron chi connectivity index (χ0n) is 13.6. The maximum absolute atomic E-state index is 12.7. The highest BCUT2D eigenvalue weighted by Crippen LogP contribution is 2.30. The Morgan fingerprint density at radius 1 is 1.12 bits per heavy atom. The van der Waals surface area contributed by atoms with Gasteiger partial charge in [-0.1, -0.05) is 59.9 Å². The van der Waals surface area contributed by atoms with Crippen LogP contribution in [0.3, 0.4) is 0 Å². The highest BCUT2D eigenvalue weighted by atomic mass is 32.2. The van der Waals surface area contributed by atoms with E-state index in [1.54, 1.807) is 11.8 Å². The quantitative estimate of drug-likeness (QED) is 0.654. The van der Waals surface area contributed by atoms with Crippen LogP contribution in [0.15, 0.2) is 58.8 Å². The molecule has 3 aromatic rings. The van der Waals surface area contributed by atoms with Crippen molar-refractivity contribution >= 4 is 34.1 Å². The fourth-order valence-electron chi connectivity index (χ4n) is 2.50. The molecule has 0 atom stereocenters. The van der Waals surface area contributed by atoms with Crippen molar-refractivity contribution < 1.29 is 4.79 Å². The molecule has 0 radical (unpaired) electrons. The molecule has 0 unspecified atom stereocenters. The number of carbonyl (C=O) groups is 1. The number of nitrogens with one attached hydrogen (secondary N) is 1. The number of aromatic nitrogens is 1. The smallest absolute Gasteiger partial charge is 0.257 e. The predicted molar refractivity (Wildman–Crippen MR) is 102 cm³/mol. The normalized spacial score (nSPS) is 10.6. The molecule has 1 aromatic heterocycles. The molecule has 0 aliphatic heterocycles. The van der Waals surface area contributed by atoms with E-state index in [1.807, 2.05) is 55.6 Å². The maximum atomic E-state index is 12.7. The van der Waals surface area contributed by atoms with Gasteiger partial charge in [0.05, 0.1) is 9.90 Å². The van der Waals surface area contributed by atoms with E-state index in [0.717, 1.165) is 21.9 Å². The molecule has 0 fully saturated rings. The Kier molecular flexibility index (Phi) is 5.33. The van der Waals surface area contributed by atoms with Gasteiger partial charge in [0.1, 0.15) is 0 Å². The largest absolute Gasteiger partial charge is 0.298 e. The van der Waals surface area contributed by atoms with Gasteiger partial charge in [0.25, 0.3) is 5.91 Å². The van der Waals surface area contributed by atoms with Gasteiger partial charge in [-0.25, -0.2) is 4.98 Å². The second kappa shape index (κ2) is 7.64. The Labute approximate surface area is 150 Å². The van der Waals surface area contributed by atoms with Crippen LogP contribution in [0.25, 0.3) is 0 Å². The molecule has 0 aliphatic rings. The van der Waals surface area contributed by atoms with Gasteiger partial charge in [-0.3, -0.25) is 10.1 Å². The third kappa shape index (κ3) is 3.86. The van der Waals surface area contributed by atoms with Crippen molar-refractivity contribution in [1.82, 2.24) is 4.98 Å². The van der Waals surface area contributed by atoms with Gasteiger partial charge in [0.15, 0.2) is 5.13 Å². The highest BCUT2D eigenvalue weighted by Gasteiger charge is 2.14. The Morgan fingerprint density at radius 2 is 1.83 bits per heavy atom. The lowest BCUT2D eigenvalue weighted by molar-refractivity contribution is 0.102. The van der Waals surface area contributed by atoms with Crippen molar-refractivity contribution in [3.8, 4) is 0 Å². The van der Waals surface area contributed by atoms with Crippen molar-refractivity contribution in [3.63, 3.8) is 0 Å². The molecule has 0 bridgehead atoms. The van der Waals surface area contributed by atoms with E-state index in [2.05, 4.69) is 22.4 Å². The van der Waals surface area contributed by atoms with E-state index in [0.29, 0.717) is 10.7 Å². The third-order valence-electron chi connectivity index (χ3n) is 3.66. The second-order valence-corrected chi connectivity index (χ2v) is 7.44. The van der Waals surface area contributed by atoms with Gasteiger partial charge in [-0.2, -0.15) is 0 Å². The first-order chi connectivity index (χ1) is 11.7. The lowest BCUT2D eigenvalue weighted by Gasteiger charge is -2.09. The fourth-order valence-corrected chi connectivity index (χ4v) is 4.11. The average molecular weight is 355 g/mol. The van der Waals surface area contributed by atoms with Crippen LogP contribution in [0.5, 0.6) is 0 Å². The van der Waals surface area contributed by atoms with E-state index in [1.165, 1.54) is 16.9 Å². The number of thioether (sulfide) groups is 1. The lowest BCUT2D eigenvalue weighted by atomic mass is 9.99. The molecule has 1 heterocycles. The molecule has 122 valence electrons. The number of rotatable bonds is 5.